The second kappa shape index (κ2) is 7.56. The fraction of sp³-hybridized carbons (Fsp3) is 0.533. The van der Waals surface area contributed by atoms with Gasteiger partial charge in [-0.1, -0.05) is 19.1 Å². The maximum atomic E-state index is 12.2. The van der Waals surface area contributed by atoms with Crippen LogP contribution >= 0.6 is 0 Å². The number of hydrogen-bond acceptors (Lipinski definition) is 3. The number of aryl methyl sites for hydroxylation is 2. The van der Waals surface area contributed by atoms with Gasteiger partial charge in [-0.2, -0.15) is 0 Å². The minimum Gasteiger partial charge on any atom is -0.481 e. The summed E-state index contributed by atoms with van der Waals surface area (Å²) in [6.45, 7) is 5.86. The van der Waals surface area contributed by atoms with E-state index in [-0.39, 0.29) is 12.3 Å². The number of benzene rings is 1. The molecule has 2 N–H and O–H groups in total. The van der Waals surface area contributed by atoms with Crippen molar-refractivity contribution in [3.05, 3.63) is 29.3 Å². The summed E-state index contributed by atoms with van der Waals surface area (Å²) < 4.78 is 27.1. The second-order valence-corrected chi connectivity index (χ2v) is 7.23. The molecule has 0 spiro atoms. The predicted octanol–water partition coefficient (Wildman–Crippen LogP) is 2.47. The van der Waals surface area contributed by atoms with Gasteiger partial charge in [-0.3, -0.25) is 4.79 Å². The van der Waals surface area contributed by atoms with E-state index in [1.807, 2.05) is 19.9 Å². The van der Waals surface area contributed by atoms with Gasteiger partial charge in [-0.05, 0) is 49.8 Å². The van der Waals surface area contributed by atoms with Crippen LogP contribution in [-0.4, -0.2) is 26.0 Å². The van der Waals surface area contributed by atoms with Gasteiger partial charge in [0.05, 0.1) is 4.90 Å². The number of carbonyl (C=O) groups is 1. The van der Waals surface area contributed by atoms with Crippen LogP contribution in [0.1, 0.15) is 37.3 Å². The van der Waals surface area contributed by atoms with Crippen molar-refractivity contribution in [3.8, 4) is 0 Å². The molecule has 118 valence electrons. The van der Waals surface area contributed by atoms with Crippen molar-refractivity contribution in [1.82, 2.24) is 4.72 Å². The van der Waals surface area contributed by atoms with Crippen LogP contribution in [0.15, 0.2) is 23.1 Å². The van der Waals surface area contributed by atoms with Gasteiger partial charge in [0, 0.05) is 13.0 Å². The van der Waals surface area contributed by atoms with Gasteiger partial charge in [0.25, 0.3) is 0 Å². The van der Waals surface area contributed by atoms with E-state index in [0.717, 1.165) is 5.56 Å². The molecule has 1 atom stereocenters. The minimum absolute atomic E-state index is 0.116. The van der Waals surface area contributed by atoms with E-state index < -0.39 is 16.0 Å². The van der Waals surface area contributed by atoms with Crippen molar-refractivity contribution in [2.45, 2.75) is 44.9 Å². The molecule has 0 fully saturated rings. The highest BCUT2D eigenvalue weighted by atomic mass is 32.2. The Kier molecular flexibility index (Phi) is 6.36. The molecule has 1 rings (SSSR count). The first-order valence-corrected chi connectivity index (χ1v) is 8.49. The van der Waals surface area contributed by atoms with Crippen molar-refractivity contribution in [1.29, 1.82) is 0 Å². The normalized spacial score (nSPS) is 13.1. The van der Waals surface area contributed by atoms with Crippen LogP contribution in [0, 0.1) is 19.8 Å². The van der Waals surface area contributed by atoms with Gasteiger partial charge in [0.15, 0.2) is 0 Å². The van der Waals surface area contributed by atoms with Gasteiger partial charge >= 0.3 is 5.97 Å². The molecule has 0 amide bonds. The number of nitrogens with one attached hydrogen (secondary N) is 1. The van der Waals surface area contributed by atoms with Gasteiger partial charge in [-0.25, -0.2) is 13.1 Å². The van der Waals surface area contributed by atoms with E-state index in [1.165, 1.54) is 0 Å². The van der Waals surface area contributed by atoms with Gasteiger partial charge in [0.2, 0.25) is 10.0 Å². The zero-order valence-electron chi connectivity index (χ0n) is 12.7. The van der Waals surface area contributed by atoms with E-state index >= 15 is 0 Å². The summed E-state index contributed by atoms with van der Waals surface area (Å²) in [7, 11) is -3.51. The Morgan fingerprint density at radius 1 is 1.29 bits per heavy atom. The highest BCUT2D eigenvalue weighted by Gasteiger charge is 2.17. The SMILES string of the molecule is Cc1ccc(C)c(S(=O)(=O)NCCC(C)CCC(=O)O)c1. The Labute approximate surface area is 126 Å². The van der Waals surface area contributed by atoms with Crippen LogP contribution < -0.4 is 4.72 Å². The Balaban J connectivity index is 2.57. The van der Waals surface area contributed by atoms with E-state index in [4.69, 9.17) is 5.11 Å². The van der Waals surface area contributed by atoms with E-state index in [1.54, 1.807) is 19.1 Å². The molecule has 1 aromatic carbocycles. The summed E-state index contributed by atoms with van der Waals surface area (Å²) >= 11 is 0. The smallest absolute Gasteiger partial charge is 0.303 e. The molecule has 0 aliphatic rings. The quantitative estimate of drug-likeness (QED) is 0.772. The first-order chi connectivity index (χ1) is 9.72. The molecule has 0 aliphatic heterocycles. The molecule has 0 saturated heterocycles. The Morgan fingerprint density at radius 3 is 2.57 bits per heavy atom. The lowest BCUT2D eigenvalue weighted by molar-refractivity contribution is -0.137. The highest BCUT2D eigenvalue weighted by Crippen LogP contribution is 2.17. The Morgan fingerprint density at radius 2 is 1.95 bits per heavy atom. The predicted molar refractivity (Wildman–Crippen MR) is 81.8 cm³/mol. The molecule has 0 bridgehead atoms. The molecule has 1 aromatic rings. The molecule has 6 heteroatoms. The van der Waals surface area contributed by atoms with Crippen LogP contribution in [0.3, 0.4) is 0 Å². The lowest BCUT2D eigenvalue weighted by Crippen LogP contribution is -2.26. The molecule has 0 saturated carbocycles. The van der Waals surface area contributed by atoms with Crippen LogP contribution in [0.5, 0.6) is 0 Å². The van der Waals surface area contributed by atoms with Crippen molar-refractivity contribution < 1.29 is 18.3 Å². The summed E-state index contributed by atoms with van der Waals surface area (Å²) in [5, 5.41) is 8.61. The fourth-order valence-electron chi connectivity index (χ4n) is 2.03. The van der Waals surface area contributed by atoms with Gasteiger partial charge in [-0.15, -0.1) is 0 Å². The van der Waals surface area contributed by atoms with Crippen molar-refractivity contribution in [3.63, 3.8) is 0 Å². The topological polar surface area (TPSA) is 83.5 Å². The third-order valence-electron chi connectivity index (χ3n) is 3.41. The Hall–Kier alpha value is -1.40. The molecule has 1 unspecified atom stereocenters. The number of rotatable bonds is 8. The zero-order valence-corrected chi connectivity index (χ0v) is 13.5. The molecular formula is C15H23NO4S. The van der Waals surface area contributed by atoms with Gasteiger partial charge in [0.1, 0.15) is 0 Å². The maximum absolute atomic E-state index is 12.2. The standard InChI is InChI=1S/C15H23NO4S/c1-11(5-7-15(17)18)8-9-16-21(19,20)14-10-12(2)4-6-13(14)3/h4,6,10-11,16H,5,7-9H2,1-3H3,(H,17,18). The third-order valence-corrected chi connectivity index (χ3v) is 5.02. The van der Waals surface area contributed by atoms with E-state index in [2.05, 4.69) is 4.72 Å². The molecule has 21 heavy (non-hydrogen) atoms. The summed E-state index contributed by atoms with van der Waals surface area (Å²) in [6.07, 6.45) is 1.29. The van der Waals surface area contributed by atoms with Crippen molar-refractivity contribution >= 4 is 16.0 Å². The summed E-state index contributed by atoms with van der Waals surface area (Å²) in [6, 6.07) is 5.33. The highest BCUT2D eigenvalue weighted by molar-refractivity contribution is 7.89. The lowest BCUT2D eigenvalue weighted by atomic mass is 10.0. The minimum atomic E-state index is -3.51. The van der Waals surface area contributed by atoms with Gasteiger partial charge < -0.3 is 5.11 Å². The molecule has 0 radical (unpaired) electrons. The average Bonchev–Trinajstić information content (AvgIpc) is 2.39. The third kappa shape index (κ3) is 5.85. The lowest BCUT2D eigenvalue weighted by Gasteiger charge is -2.13. The Bertz CT molecular complexity index is 596. The summed E-state index contributed by atoms with van der Waals surface area (Å²) in [5.74, 6) is -0.653. The molecule has 5 nitrogen and oxygen atoms in total. The number of hydrogen-bond donors (Lipinski definition) is 2. The van der Waals surface area contributed by atoms with Crippen LogP contribution in [0.25, 0.3) is 0 Å². The van der Waals surface area contributed by atoms with E-state index in [0.29, 0.717) is 29.8 Å². The summed E-state index contributed by atoms with van der Waals surface area (Å²) in [5.41, 5.74) is 1.61. The average molecular weight is 313 g/mol. The monoisotopic (exact) mass is 313 g/mol. The van der Waals surface area contributed by atoms with Crippen molar-refractivity contribution in [2.75, 3.05) is 6.54 Å². The van der Waals surface area contributed by atoms with Crippen LogP contribution in [0.4, 0.5) is 0 Å². The number of aliphatic carboxylic acids is 1. The number of carboxylic acids is 1. The fourth-order valence-corrected chi connectivity index (χ4v) is 3.40. The van der Waals surface area contributed by atoms with E-state index in [9.17, 15) is 13.2 Å². The second-order valence-electron chi connectivity index (χ2n) is 5.49. The molecule has 0 heterocycles. The largest absolute Gasteiger partial charge is 0.481 e. The first-order valence-electron chi connectivity index (χ1n) is 7.01. The summed E-state index contributed by atoms with van der Waals surface area (Å²) in [4.78, 5) is 10.8. The maximum Gasteiger partial charge on any atom is 0.303 e. The first kappa shape index (κ1) is 17.7. The van der Waals surface area contributed by atoms with Crippen LogP contribution in [0.2, 0.25) is 0 Å². The number of carboxylic acid groups (broad SMARTS) is 1. The molecular weight excluding hydrogens is 290 g/mol. The number of sulfonamides is 1. The van der Waals surface area contributed by atoms with Crippen LogP contribution in [-0.2, 0) is 14.8 Å². The van der Waals surface area contributed by atoms with Crippen molar-refractivity contribution in [2.24, 2.45) is 5.92 Å². The molecule has 0 aliphatic carbocycles. The zero-order chi connectivity index (χ0) is 16.0. The molecule has 0 aromatic heterocycles.